The van der Waals surface area contributed by atoms with E-state index in [1.54, 1.807) is 0 Å². The molecule has 0 saturated heterocycles. The number of hydrogen-bond donors (Lipinski definition) is 0. The highest BCUT2D eigenvalue weighted by Gasteiger charge is 2.78. The molecule has 3 saturated carbocycles. The molecule has 0 aromatic heterocycles. The minimum atomic E-state index is 0.279. The van der Waals surface area contributed by atoms with Gasteiger partial charge in [-0.05, 0) is 42.4 Å². The number of hydrogen-bond acceptors (Lipinski definition) is 1. The van der Waals surface area contributed by atoms with Crippen LogP contribution < -0.4 is 0 Å². The Bertz CT molecular complexity index is 370. The van der Waals surface area contributed by atoms with Crippen LogP contribution in [0.25, 0.3) is 0 Å². The number of Topliss-reactive ketones (excluding diaryl/α,β-unsaturated/α-hetero) is 1. The molecule has 3 aliphatic rings. The molecule has 0 aromatic carbocycles. The molecule has 0 radical (unpaired) electrons. The van der Waals surface area contributed by atoms with Gasteiger partial charge in [-0.15, -0.1) is 0 Å². The lowest BCUT2D eigenvalue weighted by Gasteiger charge is -2.42. The molecule has 1 nitrogen and oxygen atoms in total. The summed E-state index contributed by atoms with van der Waals surface area (Å²) in [6, 6.07) is 0. The standard InChI is InChI=1S/C14H20O/c1-8(2)9-5-10-12-11(15)7-13(3,6-9)14(10,12)4/h9-10,12H,1,5-7H2,2-4H3/t9-,10-,12-,13+,14-/m1/s1. The van der Waals surface area contributed by atoms with Gasteiger partial charge in [0.25, 0.3) is 0 Å². The molecule has 0 aliphatic heterocycles. The zero-order valence-corrected chi connectivity index (χ0v) is 9.97. The predicted molar refractivity (Wildman–Crippen MR) is 60.4 cm³/mol. The van der Waals surface area contributed by atoms with Crippen molar-refractivity contribution in [2.75, 3.05) is 0 Å². The lowest BCUT2D eigenvalue weighted by atomic mass is 9.62. The van der Waals surface area contributed by atoms with E-state index in [4.69, 9.17) is 0 Å². The first-order valence-electron chi connectivity index (χ1n) is 6.08. The van der Waals surface area contributed by atoms with E-state index in [1.165, 1.54) is 18.4 Å². The molecule has 1 heteroatoms. The summed E-state index contributed by atoms with van der Waals surface area (Å²) in [6.45, 7) is 10.9. The van der Waals surface area contributed by atoms with Gasteiger partial charge in [0, 0.05) is 12.3 Å². The molecule has 0 N–H and O–H groups in total. The van der Waals surface area contributed by atoms with Gasteiger partial charge in [0.2, 0.25) is 0 Å². The van der Waals surface area contributed by atoms with Gasteiger partial charge in [0.15, 0.2) is 0 Å². The van der Waals surface area contributed by atoms with Gasteiger partial charge in [-0.25, -0.2) is 0 Å². The van der Waals surface area contributed by atoms with E-state index >= 15 is 0 Å². The lowest BCUT2D eigenvalue weighted by Crippen LogP contribution is -2.34. The zero-order valence-electron chi connectivity index (χ0n) is 9.97. The number of carbonyl (C=O) groups excluding carboxylic acids is 1. The number of ketones is 1. The van der Waals surface area contributed by atoms with Crippen LogP contribution in [0.4, 0.5) is 0 Å². The third kappa shape index (κ3) is 0.885. The molecule has 3 fully saturated rings. The number of carbonyl (C=O) groups is 1. The maximum Gasteiger partial charge on any atom is 0.137 e. The molecule has 0 bridgehead atoms. The van der Waals surface area contributed by atoms with Crippen molar-refractivity contribution < 1.29 is 4.79 Å². The maximum absolute atomic E-state index is 11.9. The van der Waals surface area contributed by atoms with Crippen molar-refractivity contribution in [1.82, 2.24) is 0 Å². The molecular weight excluding hydrogens is 184 g/mol. The van der Waals surface area contributed by atoms with Gasteiger partial charge in [-0.3, -0.25) is 4.79 Å². The third-order valence-corrected chi connectivity index (χ3v) is 5.85. The average molecular weight is 204 g/mol. The summed E-state index contributed by atoms with van der Waals surface area (Å²) in [5, 5.41) is 0. The van der Waals surface area contributed by atoms with Gasteiger partial charge < -0.3 is 0 Å². The summed E-state index contributed by atoms with van der Waals surface area (Å²) in [5.74, 6) is 2.31. The van der Waals surface area contributed by atoms with Gasteiger partial charge in [0.1, 0.15) is 5.78 Å². The van der Waals surface area contributed by atoms with Crippen LogP contribution in [0.5, 0.6) is 0 Å². The second kappa shape index (κ2) is 2.39. The molecule has 3 rings (SSSR count). The Labute approximate surface area is 91.9 Å². The van der Waals surface area contributed by atoms with Gasteiger partial charge in [-0.1, -0.05) is 26.0 Å². The van der Waals surface area contributed by atoms with Crippen LogP contribution in [0, 0.1) is 28.6 Å². The van der Waals surface area contributed by atoms with E-state index in [9.17, 15) is 4.79 Å². The monoisotopic (exact) mass is 204 g/mol. The molecule has 5 atom stereocenters. The Hall–Kier alpha value is -0.590. The topological polar surface area (TPSA) is 17.1 Å². The van der Waals surface area contributed by atoms with E-state index < -0.39 is 0 Å². The Morgan fingerprint density at radius 1 is 1.47 bits per heavy atom. The number of fused-ring (bicyclic) bond motifs is 1. The van der Waals surface area contributed by atoms with Crippen LogP contribution in [0.2, 0.25) is 0 Å². The van der Waals surface area contributed by atoms with Crippen LogP contribution in [-0.4, -0.2) is 5.78 Å². The molecule has 15 heavy (non-hydrogen) atoms. The summed E-state index contributed by atoms with van der Waals surface area (Å²) in [4.78, 5) is 11.9. The van der Waals surface area contributed by atoms with Crippen molar-refractivity contribution in [3.05, 3.63) is 12.2 Å². The van der Waals surface area contributed by atoms with E-state index in [1.807, 2.05) is 0 Å². The van der Waals surface area contributed by atoms with Crippen molar-refractivity contribution in [2.45, 2.75) is 40.0 Å². The second-order valence-corrected chi connectivity index (χ2v) is 6.55. The highest BCUT2D eigenvalue weighted by atomic mass is 16.1. The fourth-order valence-corrected chi connectivity index (χ4v) is 4.65. The Morgan fingerprint density at radius 2 is 2.13 bits per heavy atom. The van der Waals surface area contributed by atoms with Gasteiger partial charge in [-0.2, -0.15) is 0 Å². The molecule has 82 valence electrons. The zero-order chi connectivity index (χ0) is 11.0. The van der Waals surface area contributed by atoms with E-state index in [0.29, 0.717) is 29.0 Å². The SMILES string of the molecule is C=C(C)[C@@H]1C[C@@H]2[C@@H]3C(=O)C[C@](C)(C1)[C@]23C. The predicted octanol–water partition coefficient (Wildman–Crippen LogP) is 3.20. The highest BCUT2D eigenvalue weighted by Crippen LogP contribution is 2.80. The second-order valence-electron chi connectivity index (χ2n) is 6.55. The van der Waals surface area contributed by atoms with Crippen molar-refractivity contribution in [1.29, 1.82) is 0 Å². The Morgan fingerprint density at radius 3 is 2.67 bits per heavy atom. The Balaban J connectivity index is 1.97. The van der Waals surface area contributed by atoms with Gasteiger partial charge >= 0.3 is 0 Å². The van der Waals surface area contributed by atoms with Crippen LogP contribution in [0.3, 0.4) is 0 Å². The summed E-state index contributed by atoms with van der Waals surface area (Å²) in [6.07, 6.45) is 3.24. The van der Waals surface area contributed by atoms with Crippen LogP contribution >= 0.6 is 0 Å². The van der Waals surface area contributed by atoms with Crippen molar-refractivity contribution >= 4 is 5.78 Å². The number of rotatable bonds is 1. The normalized spacial score (nSPS) is 56.5. The average Bonchev–Trinajstić information content (AvgIpc) is 2.64. The maximum atomic E-state index is 11.9. The molecule has 0 spiro atoms. The minimum absolute atomic E-state index is 0.279. The highest BCUT2D eigenvalue weighted by molar-refractivity contribution is 5.90. The third-order valence-electron chi connectivity index (χ3n) is 5.85. The fraction of sp³-hybridized carbons (Fsp3) is 0.786. The molecule has 3 aliphatic carbocycles. The first-order chi connectivity index (χ1) is 6.90. The molecule has 0 heterocycles. The first kappa shape index (κ1) is 9.62. The molecule has 0 amide bonds. The largest absolute Gasteiger partial charge is 0.299 e. The first-order valence-corrected chi connectivity index (χ1v) is 6.08. The smallest absolute Gasteiger partial charge is 0.137 e. The van der Waals surface area contributed by atoms with E-state index in [-0.39, 0.29) is 5.41 Å². The lowest BCUT2D eigenvalue weighted by molar-refractivity contribution is -0.121. The van der Waals surface area contributed by atoms with E-state index in [0.717, 1.165) is 6.42 Å². The molecule has 0 aromatic rings. The van der Waals surface area contributed by atoms with Crippen molar-refractivity contribution in [3.8, 4) is 0 Å². The Kier molecular flexibility index (Phi) is 1.53. The van der Waals surface area contributed by atoms with Crippen molar-refractivity contribution in [3.63, 3.8) is 0 Å². The minimum Gasteiger partial charge on any atom is -0.299 e. The van der Waals surface area contributed by atoms with Crippen LogP contribution in [-0.2, 0) is 4.79 Å². The summed E-state index contributed by atoms with van der Waals surface area (Å²) < 4.78 is 0. The fourth-order valence-electron chi connectivity index (χ4n) is 4.65. The van der Waals surface area contributed by atoms with Crippen LogP contribution in [0.15, 0.2) is 12.2 Å². The van der Waals surface area contributed by atoms with Crippen LogP contribution in [0.1, 0.15) is 40.0 Å². The van der Waals surface area contributed by atoms with Crippen molar-refractivity contribution in [2.24, 2.45) is 28.6 Å². The molecular formula is C14H20O. The summed E-state index contributed by atoms with van der Waals surface area (Å²) in [5.41, 5.74) is 1.96. The molecule has 0 unspecified atom stereocenters. The summed E-state index contributed by atoms with van der Waals surface area (Å²) in [7, 11) is 0. The quantitative estimate of drug-likeness (QED) is 0.599. The van der Waals surface area contributed by atoms with Gasteiger partial charge in [0.05, 0.1) is 0 Å². The number of allylic oxidation sites excluding steroid dienone is 1. The van der Waals surface area contributed by atoms with E-state index in [2.05, 4.69) is 27.4 Å². The summed E-state index contributed by atoms with van der Waals surface area (Å²) >= 11 is 0.